The summed E-state index contributed by atoms with van der Waals surface area (Å²) in [6.45, 7) is -0.145. The summed E-state index contributed by atoms with van der Waals surface area (Å²) in [5, 5.41) is 16.1. The Labute approximate surface area is 115 Å². The highest BCUT2D eigenvalue weighted by Gasteiger charge is 2.06. The summed E-state index contributed by atoms with van der Waals surface area (Å²) in [5.74, 6) is 7.02. The van der Waals surface area contributed by atoms with E-state index in [9.17, 15) is 0 Å². The summed E-state index contributed by atoms with van der Waals surface area (Å²) in [4.78, 5) is 4.05. The van der Waals surface area contributed by atoms with Crippen molar-refractivity contribution in [1.82, 2.24) is 15.2 Å². The molecule has 0 spiro atoms. The van der Waals surface area contributed by atoms with Crippen molar-refractivity contribution >= 4 is 11.8 Å². The largest absolute Gasteiger partial charge is 0.496 e. The lowest BCUT2D eigenvalue weighted by molar-refractivity contribution is 0.350. The molecule has 0 radical (unpaired) electrons. The average molecular weight is 275 g/mol. The minimum absolute atomic E-state index is 0.145. The third-order valence-corrected chi connectivity index (χ3v) is 3.27. The molecule has 6 heteroatoms. The van der Waals surface area contributed by atoms with E-state index in [-0.39, 0.29) is 6.61 Å². The Morgan fingerprint density at radius 1 is 1.47 bits per heavy atom. The SMILES string of the molecule is COc1ccc(C#CCO)cc1CSc1ncn[nH]1. The Bertz CT molecular complexity index is 588. The molecule has 0 unspecified atom stereocenters. The number of hydrogen-bond donors (Lipinski definition) is 2. The second kappa shape index (κ2) is 6.83. The molecule has 19 heavy (non-hydrogen) atoms. The van der Waals surface area contributed by atoms with E-state index in [1.807, 2.05) is 18.2 Å². The lowest BCUT2D eigenvalue weighted by Gasteiger charge is -2.07. The van der Waals surface area contributed by atoms with Crippen molar-refractivity contribution in [3.05, 3.63) is 35.7 Å². The zero-order chi connectivity index (χ0) is 13.5. The minimum atomic E-state index is -0.145. The van der Waals surface area contributed by atoms with Gasteiger partial charge in [-0.1, -0.05) is 23.6 Å². The molecule has 0 aliphatic rings. The van der Waals surface area contributed by atoms with Crippen molar-refractivity contribution in [1.29, 1.82) is 0 Å². The molecular weight excluding hydrogens is 262 g/mol. The van der Waals surface area contributed by atoms with Gasteiger partial charge in [0.25, 0.3) is 0 Å². The van der Waals surface area contributed by atoms with Gasteiger partial charge in [-0.15, -0.1) is 0 Å². The van der Waals surface area contributed by atoms with Crippen LogP contribution in [0.1, 0.15) is 11.1 Å². The molecule has 0 saturated carbocycles. The molecule has 5 nitrogen and oxygen atoms in total. The van der Waals surface area contributed by atoms with Gasteiger partial charge < -0.3 is 9.84 Å². The molecule has 0 bridgehead atoms. The van der Waals surface area contributed by atoms with Gasteiger partial charge in [-0.05, 0) is 18.2 Å². The van der Waals surface area contributed by atoms with Gasteiger partial charge in [-0.3, -0.25) is 5.10 Å². The molecule has 0 saturated heterocycles. The third-order valence-electron chi connectivity index (χ3n) is 2.35. The van der Waals surface area contributed by atoms with Crippen molar-refractivity contribution in [2.24, 2.45) is 0 Å². The molecule has 1 heterocycles. The summed E-state index contributed by atoms with van der Waals surface area (Å²) in [5.41, 5.74) is 1.87. The molecule has 0 aliphatic heterocycles. The number of nitrogens with one attached hydrogen (secondary N) is 1. The van der Waals surface area contributed by atoms with Crippen molar-refractivity contribution < 1.29 is 9.84 Å². The van der Waals surface area contributed by atoms with Crippen LogP contribution in [0.4, 0.5) is 0 Å². The molecule has 2 N–H and O–H groups in total. The summed E-state index contributed by atoms with van der Waals surface area (Å²) < 4.78 is 5.32. The van der Waals surface area contributed by atoms with Crippen molar-refractivity contribution in [3.8, 4) is 17.6 Å². The van der Waals surface area contributed by atoms with Crippen molar-refractivity contribution in [2.45, 2.75) is 10.9 Å². The molecule has 2 rings (SSSR count). The Morgan fingerprint density at radius 2 is 2.37 bits per heavy atom. The topological polar surface area (TPSA) is 71.0 Å². The van der Waals surface area contributed by atoms with E-state index in [0.29, 0.717) is 5.75 Å². The van der Waals surface area contributed by atoms with E-state index < -0.39 is 0 Å². The van der Waals surface area contributed by atoms with Gasteiger partial charge in [0.2, 0.25) is 0 Å². The van der Waals surface area contributed by atoms with Gasteiger partial charge in [-0.25, -0.2) is 4.98 Å². The fourth-order valence-corrected chi connectivity index (χ4v) is 2.28. The fourth-order valence-electron chi connectivity index (χ4n) is 1.52. The molecule has 1 aromatic carbocycles. The van der Waals surface area contributed by atoms with Crippen LogP contribution in [0.15, 0.2) is 29.7 Å². The summed E-state index contributed by atoms with van der Waals surface area (Å²) in [6.07, 6.45) is 1.47. The molecule has 0 atom stereocenters. The average Bonchev–Trinajstić information content (AvgIpc) is 2.96. The number of aromatic amines is 1. The van der Waals surface area contributed by atoms with Gasteiger partial charge >= 0.3 is 0 Å². The van der Waals surface area contributed by atoms with E-state index >= 15 is 0 Å². The minimum Gasteiger partial charge on any atom is -0.496 e. The normalized spacial score (nSPS) is 9.79. The van der Waals surface area contributed by atoms with Crippen LogP contribution in [0, 0.1) is 11.8 Å². The van der Waals surface area contributed by atoms with Gasteiger partial charge in [0, 0.05) is 16.9 Å². The maximum atomic E-state index is 8.70. The van der Waals surface area contributed by atoms with Crippen LogP contribution in [-0.2, 0) is 5.75 Å². The molecular formula is C13H13N3O2S. The van der Waals surface area contributed by atoms with Gasteiger partial charge in [0.1, 0.15) is 18.7 Å². The third kappa shape index (κ3) is 3.74. The second-order valence-corrected chi connectivity index (χ2v) is 4.53. The van der Waals surface area contributed by atoms with E-state index in [0.717, 1.165) is 22.0 Å². The number of H-pyrrole nitrogens is 1. The lowest BCUT2D eigenvalue weighted by Crippen LogP contribution is -1.92. The molecule has 98 valence electrons. The number of aromatic nitrogens is 3. The van der Waals surface area contributed by atoms with Gasteiger partial charge in [0.15, 0.2) is 5.16 Å². The van der Waals surface area contributed by atoms with Crippen LogP contribution >= 0.6 is 11.8 Å². The highest BCUT2D eigenvalue weighted by molar-refractivity contribution is 7.98. The number of aliphatic hydroxyl groups is 1. The van der Waals surface area contributed by atoms with E-state index in [1.165, 1.54) is 18.1 Å². The monoisotopic (exact) mass is 275 g/mol. The first-order valence-electron chi connectivity index (χ1n) is 5.58. The number of ether oxygens (including phenoxy) is 1. The van der Waals surface area contributed by atoms with Crippen molar-refractivity contribution in [2.75, 3.05) is 13.7 Å². The van der Waals surface area contributed by atoms with Crippen LogP contribution < -0.4 is 4.74 Å². The predicted octanol–water partition coefficient (Wildman–Crippen LogP) is 1.45. The highest BCUT2D eigenvalue weighted by Crippen LogP contribution is 2.26. The summed E-state index contributed by atoms with van der Waals surface area (Å²) in [7, 11) is 1.64. The maximum absolute atomic E-state index is 8.70. The number of benzene rings is 1. The number of hydrogen-bond acceptors (Lipinski definition) is 5. The molecule has 2 aromatic rings. The Morgan fingerprint density at radius 3 is 3.05 bits per heavy atom. The first kappa shape index (κ1) is 13.5. The Hall–Kier alpha value is -1.97. The zero-order valence-corrected chi connectivity index (χ0v) is 11.2. The number of aliphatic hydroxyl groups excluding tert-OH is 1. The number of rotatable bonds is 4. The smallest absolute Gasteiger partial charge is 0.183 e. The quantitative estimate of drug-likeness (QED) is 0.653. The summed E-state index contributed by atoms with van der Waals surface area (Å²) >= 11 is 1.54. The molecule has 1 aromatic heterocycles. The Balaban J connectivity index is 2.16. The van der Waals surface area contributed by atoms with Crippen LogP contribution in [-0.4, -0.2) is 34.0 Å². The standard InChI is InChI=1S/C13H13N3O2S/c1-18-12-5-4-10(3-2-6-17)7-11(12)8-19-13-14-9-15-16-13/h4-5,7,9,17H,6,8H2,1H3,(H,14,15,16). The molecule has 0 aliphatic carbocycles. The second-order valence-electron chi connectivity index (χ2n) is 3.57. The van der Waals surface area contributed by atoms with E-state index in [1.54, 1.807) is 7.11 Å². The van der Waals surface area contributed by atoms with Crippen molar-refractivity contribution in [3.63, 3.8) is 0 Å². The van der Waals surface area contributed by atoms with Gasteiger partial charge in [-0.2, -0.15) is 5.10 Å². The van der Waals surface area contributed by atoms with Crippen LogP contribution in [0.5, 0.6) is 5.75 Å². The predicted molar refractivity (Wildman–Crippen MR) is 72.9 cm³/mol. The summed E-state index contributed by atoms with van der Waals surface area (Å²) in [6, 6.07) is 5.69. The first-order chi connectivity index (χ1) is 9.33. The zero-order valence-electron chi connectivity index (χ0n) is 10.4. The van der Waals surface area contributed by atoms with Crippen LogP contribution in [0.2, 0.25) is 0 Å². The fraction of sp³-hybridized carbons (Fsp3) is 0.231. The number of thioether (sulfide) groups is 1. The molecule has 0 amide bonds. The van der Waals surface area contributed by atoms with E-state index in [2.05, 4.69) is 27.0 Å². The Kier molecular flexibility index (Phi) is 4.84. The van der Waals surface area contributed by atoms with E-state index in [4.69, 9.17) is 9.84 Å². The maximum Gasteiger partial charge on any atom is 0.183 e. The highest BCUT2D eigenvalue weighted by atomic mass is 32.2. The number of methoxy groups -OCH3 is 1. The first-order valence-corrected chi connectivity index (χ1v) is 6.57. The van der Waals surface area contributed by atoms with Crippen LogP contribution in [0.3, 0.4) is 0 Å². The lowest BCUT2D eigenvalue weighted by atomic mass is 10.1. The number of nitrogens with zero attached hydrogens (tertiary/aromatic N) is 2. The van der Waals surface area contributed by atoms with Gasteiger partial charge in [0.05, 0.1) is 7.11 Å². The van der Waals surface area contributed by atoms with Crippen LogP contribution in [0.25, 0.3) is 0 Å². The molecule has 0 fully saturated rings.